The van der Waals surface area contributed by atoms with E-state index in [1.807, 2.05) is 25.7 Å². The van der Waals surface area contributed by atoms with Crippen LogP contribution in [-0.4, -0.2) is 30.9 Å². The van der Waals surface area contributed by atoms with Crippen molar-refractivity contribution in [2.75, 3.05) is 19.9 Å². The van der Waals surface area contributed by atoms with Gasteiger partial charge in [-0.3, -0.25) is 4.98 Å². The molecule has 2 heterocycles. The number of pyridine rings is 1. The number of aromatic nitrogens is 1. The Bertz CT molecular complexity index is 798. The van der Waals surface area contributed by atoms with Gasteiger partial charge in [-0.05, 0) is 49.3 Å². The number of hydrogen-bond donors (Lipinski definition) is 0. The molecule has 1 aliphatic rings. The van der Waals surface area contributed by atoms with Gasteiger partial charge in [0.1, 0.15) is 0 Å². The lowest BCUT2D eigenvalue weighted by molar-refractivity contribution is 0.0601. The lowest BCUT2D eigenvalue weighted by Gasteiger charge is -2.24. The Morgan fingerprint density at radius 1 is 1.38 bits per heavy atom. The van der Waals surface area contributed by atoms with E-state index in [0.717, 1.165) is 40.3 Å². The van der Waals surface area contributed by atoms with Crippen LogP contribution in [-0.2, 0) is 21.9 Å². The zero-order chi connectivity index (χ0) is 15.2. The van der Waals surface area contributed by atoms with Gasteiger partial charge in [0, 0.05) is 23.4 Å². The Balaban J connectivity index is 2.22. The second kappa shape index (κ2) is 4.96. The first-order valence-corrected chi connectivity index (χ1v) is 9.50. The Hall–Kier alpha value is -1.67. The molecule has 0 saturated heterocycles. The average molecular weight is 303 g/mol. The molecular weight excluding hydrogens is 285 g/mol. The van der Waals surface area contributed by atoms with Crippen LogP contribution in [0.25, 0.3) is 10.9 Å². The number of carbonyl (C=O) groups is 1. The predicted molar refractivity (Wildman–Crippen MR) is 83.6 cm³/mol. The van der Waals surface area contributed by atoms with Crippen molar-refractivity contribution in [3.63, 3.8) is 0 Å². The molecule has 4 nitrogen and oxygen atoms in total. The highest BCUT2D eigenvalue weighted by Gasteiger charge is 2.27. The summed E-state index contributed by atoms with van der Waals surface area (Å²) in [5.74, 6) is -0.352. The summed E-state index contributed by atoms with van der Waals surface area (Å²) in [6.07, 6.45) is 2.12. The maximum atomic E-state index is 12.4. The van der Waals surface area contributed by atoms with E-state index in [1.165, 1.54) is 7.11 Å². The van der Waals surface area contributed by atoms with Gasteiger partial charge in [-0.1, -0.05) is 0 Å². The molecule has 0 bridgehead atoms. The molecule has 5 heteroatoms. The number of carbonyl (C=O) groups excluding carboxylic acids is 1. The van der Waals surface area contributed by atoms with Crippen LogP contribution < -0.4 is 0 Å². The third-order valence-electron chi connectivity index (χ3n) is 4.19. The van der Waals surface area contributed by atoms with Crippen LogP contribution in [0.2, 0.25) is 0 Å². The van der Waals surface area contributed by atoms with Crippen molar-refractivity contribution in [2.45, 2.75) is 19.5 Å². The number of fused-ring (bicyclic) bond motifs is 2. The Kier molecular flexibility index (Phi) is 3.37. The molecule has 3 rings (SSSR count). The number of methoxy groups -OCH3 is 1. The van der Waals surface area contributed by atoms with Crippen molar-refractivity contribution < 1.29 is 14.1 Å². The molecule has 0 N–H and O–H groups in total. The summed E-state index contributed by atoms with van der Waals surface area (Å²) in [5, 5.41) is 0.943. The van der Waals surface area contributed by atoms with Crippen LogP contribution in [0.1, 0.15) is 27.2 Å². The van der Waals surface area contributed by atoms with Crippen molar-refractivity contribution in [1.82, 2.24) is 4.98 Å². The first-order chi connectivity index (χ1) is 9.91. The van der Waals surface area contributed by atoms with Gasteiger partial charge in [0.25, 0.3) is 0 Å². The minimum Gasteiger partial charge on any atom is -0.465 e. The fourth-order valence-corrected chi connectivity index (χ4v) is 4.87. The zero-order valence-corrected chi connectivity index (χ0v) is 13.4. The normalized spacial score (nSPS) is 21.1. The van der Waals surface area contributed by atoms with E-state index in [2.05, 4.69) is 0 Å². The summed E-state index contributed by atoms with van der Waals surface area (Å²) in [5.41, 5.74) is 4.64. The summed E-state index contributed by atoms with van der Waals surface area (Å²) in [6, 6.07) is 5.41. The molecule has 1 aromatic carbocycles. The lowest BCUT2D eigenvalue weighted by Crippen LogP contribution is -2.12. The molecule has 1 unspecified atom stereocenters. The van der Waals surface area contributed by atoms with E-state index >= 15 is 0 Å². The number of aryl methyl sites for hydroxylation is 2. The highest BCUT2D eigenvalue weighted by atomic mass is 31.2. The molecule has 1 aliphatic heterocycles. The van der Waals surface area contributed by atoms with Crippen LogP contribution in [0.15, 0.2) is 18.2 Å². The van der Waals surface area contributed by atoms with E-state index in [0.29, 0.717) is 11.7 Å². The smallest absolute Gasteiger partial charge is 0.337 e. The van der Waals surface area contributed by atoms with Crippen molar-refractivity contribution in [3.8, 4) is 0 Å². The molecule has 0 radical (unpaired) electrons. The van der Waals surface area contributed by atoms with Gasteiger partial charge < -0.3 is 9.30 Å². The Morgan fingerprint density at radius 2 is 2.14 bits per heavy atom. The van der Waals surface area contributed by atoms with Crippen LogP contribution >= 0.6 is 7.14 Å². The first-order valence-electron chi connectivity index (χ1n) is 6.97. The van der Waals surface area contributed by atoms with Gasteiger partial charge in [-0.15, -0.1) is 0 Å². The van der Waals surface area contributed by atoms with E-state index < -0.39 is 7.14 Å². The molecule has 21 heavy (non-hydrogen) atoms. The van der Waals surface area contributed by atoms with Crippen LogP contribution in [0, 0.1) is 6.92 Å². The van der Waals surface area contributed by atoms with Gasteiger partial charge in [-0.2, -0.15) is 0 Å². The molecular formula is C16H18NO3P. The third-order valence-corrected chi connectivity index (χ3v) is 6.35. The van der Waals surface area contributed by atoms with Gasteiger partial charge in [-0.25, -0.2) is 4.79 Å². The standard InChI is InChI=1S/C16H18NO3P/c1-10-12-8-11(16(18)20-2)4-5-14(12)17-15-6-7-21(3,19)9-13(10)15/h4-5,8H,6-7,9H2,1-3H3. The van der Waals surface area contributed by atoms with Crippen LogP contribution in [0.5, 0.6) is 0 Å². The number of benzene rings is 1. The summed E-state index contributed by atoms with van der Waals surface area (Å²) < 4.78 is 17.2. The van der Waals surface area contributed by atoms with E-state index in [-0.39, 0.29) is 5.97 Å². The van der Waals surface area contributed by atoms with Gasteiger partial charge in [0.05, 0.1) is 25.3 Å². The Labute approximate surface area is 123 Å². The second-order valence-electron chi connectivity index (χ2n) is 5.81. The predicted octanol–water partition coefficient (Wildman–Crippen LogP) is 3.38. The van der Waals surface area contributed by atoms with E-state index in [4.69, 9.17) is 9.72 Å². The average Bonchev–Trinajstić information content (AvgIpc) is 2.47. The van der Waals surface area contributed by atoms with Crippen LogP contribution in [0.4, 0.5) is 0 Å². The highest BCUT2D eigenvalue weighted by molar-refractivity contribution is 7.62. The molecule has 0 fully saturated rings. The Morgan fingerprint density at radius 3 is 2.86 bits per heavy atom. The first kappa shape index (κ1) is 14.3. The maximum Gasteiger partial charge on any atom is 0.337 e. The minimum atomic E-state index is -2.09. The van der Waals surface area contributed by atoms with Crippen LogP contribution in [0.3, 0.4) is 0 Å². The molecule has 1 atom stereocenters. The summed E-state index contributed by atoms with van der Waals surface area (Å²) in [4.78, 5) is 16.4. The fourth-order valence-electron chi connectivity index (χ4n) is 2.94. The fraction of sp³-hybridized carbons (Fsp3) is 0.375. The maximum absolute atomic E-state index is 12.4. The van der Waals surface area contributed by atoms with Gasteiger partial charge >= 0.3 is 5.97 Å². The molecule has 110 valence electrons. The van der Waals surface area contributed by atoms with Gasteiger partial charge in [0.15, 0.2) is 0 Å². The van der Waals surface area contributed by atoms with E-state index in [9.17, 15) is 9.36 Å². The zero-order valence-electron chi connectivity index (χ0n) is 12.5. The quantitative estimate of drug-likeness (QED) is 0.598. The van der Waals surface area contributed by atoms with Crippen molar-refractivity contribution >= 4 is 24.0 Å². The van der Waals surface area contributed by atoms with Gasteiger partial charge in [0.2, 0.25) is 0 Å². The number of esters is 1. The van der Waals surface area contributed by atoms with E-state index in [1.54, 1.807) is 6.07 Å². The number of nitrogens with zero attached hydrogens (tertiary/aromatic N) is 1. The largest absolute Gasteiger partial charge is 0.465 e. The molecule has 0 aliphatic carbocycles. The number of hydrogen-bond acceptors (Lipinski definition) is 4. The SMILES string of the molecule is COC(=O)c1ccc2nc3c(c(C)c2c1)CP(C)(=O)CC3. The van der Waals surface area contributed by atoms with Crippen molar-refractivity contribution in [1.29, 1.82) is 0 Å². The molecule has 2 aromatic rings. The third kappa shape index (κ3) is 2.49. The molecule has 0 spiro atoms. The summed E-state index contributed by atoms with van der Waals surface area (Å²) in [7, 11) is -0.719. The second-order valence-corrected chi connectivity index (χ2v) is 9.17. The molecule has 0 saturated carbocycles. The minimum absolute atomic E-state index is 0.352. The summed E-state index contributed by atoms with van der Waals surface area (Å²) in [6.45, 7) is 3.89. The van der Waals surface area contributed by atoms with Crippen molar-refractivity contribution in [3.05, 3.63) is 40.6 Å². The number of rotatable bonds is 1. The number of ether oxygens (including phenoxy) is 1. The van der Waals surface area contributed by atoms with Crippen molar-refractivity contribution in [2.24, 2.45) is 0 Å². The molecule has 0 amide bonds. The topological polar surface area (TPSA) is 56.3 Å². The highest BCUT2D eigenvalue weighted by Crippen LogP contribution is 2.50. The summed E-state index contributed by atoms with van der Waals surface area (Å²) >= 11 is 0. The monoisotopic (exact) mass is 303 g/mol. The molecule has 1 aromatic heterocycles. The lowest BCUT2D eigenvalue weighted by atomic mass is 9.99.